The molecule has 18 heavy (non-hydrogen) atoms. The van der Waals surface area contributed by atoms with E-state index in [1.807, 2.05) is 19.9 Å². The number of hydrogen-bond donors (Lipinski definition) is 1. The van der Waals surface area contributed by atoms with Gasteiger partial charge in [0, 0.05) is 16.6 Å². The Hall–Kier alpha value is -1.55. The van der Waals surface area contributed by atoms with E-state index in [0.717, 1.165) is 17.6 Å². The van der Waals surface area contributed by atoms with E-state index in [4.69, 9.17) is 9.15 Å². The van der Waals surface area contributed by atoms with Crippen molar-refractivity contribution in [3.05, 3.63) is 35.3 Å². The second-order valence-corrected chi connectivity index (χ2v) is 5.37. The van der Waals surface area contributed by atoms with E-state index in [1.165, 1.54) is 0 Å². The summed E-state index contributed by atoms with van der Waals surface area (Å²) in [6.07, 6.45) is 3.77. The van der Waals surface area contributed by atoms with Crippen molar-refractivity contribution in [2.24, 2.45) is 5.41 Å². The number of cyclic esters (lactones) is 1. The van der Waals surface area contributed by atoms with Crippen LogP contribution < -0.4 is 0 Å². The maximum absolute atomic E-state index is 12.1. The Balaban J connectivity index is 2.11. The molecule has 1 fully saturated rings. The second kappa shape index (κ2) is 3.72. The largest absolute Gasteiger partial charge is 0.472 e. The first kappa shape index (κ1) is 11.5. The van der Waals surface area contributed by atoms with Gasteiger partial charge in [0.2, 0.25) is 0 Å². The highest BCUT2D eigenvalue weighted by atomic mass is 16.6. The van der Waals surface area contributed by atoms with E-state index in [9.17, 15) is 9.90 Å². The molecule has 4 nitrogen and oxygen atoms in total. The third-order valence-corrected chi connectivity index (χ3v) is 4.26. The van der Waals surface area contributed by atoms with Crippen molar-refractivity contribution in [3.8, 4) is 0 Å². The minimum atomic E-state index is -0.524. The molecule has 1 aromatic rings. The molecule has 0 saturated carbocycles. The van der Waals surface area contributed by atoms with Crippen molar-refractivity contribution in [1.29, 1.82) is 0 Å². The summed E-state index contributed by atoms with van der Waals surface area (Å²) in [5, 5.41) is 9.89. The summed E-state index contributed by atoms with van der Waals surface area (Å²) >= 11 is 0. The molecule has 0 bridgehead atoms. The topological polar surface area (TPSA) is 59.7 Å². The Morgan fingerprint density at radius 3 is 2.94 bits per heavy atom. The van der Waals surface area contributed by atoms with Crippen LogP contribution in [0.5, 0.6) is 0 Å². The van der Waals surface area contributed by atoms with E-state index in [1.54, 1.807) is 12.5 Å². The molecule has 3 atom stereocenters. The van der Waals surface area contributed by atoms with Crippen molar-refractivity contribution in [2.75, 3.05) is 0 Å². The van der Waals surface area contributed by atoms with Gasteiger partial charge in [0.25, 0.3) is 0 Å². The van der Waals surface area contributed by atoms with Gasteiger partial charge in [-0.15, -0.1) is 0 Å². The van der Waals surface area contributed by atoms with Crippen LogP contribution in [-0.2, 0) is 9.53 Å². The van der Waals surface area contributed by atoms with E-state index < -0.39 is 6.10 Å². The predicted octanol–water partition coefficient (Wildman–Crippen LogP) is 2.36. The summed E-state index contributed by atoms with van der Waals surface area (Å²) in [7, 11) is 0. The normalized spacial score (nSPS) is 35.6. The van der Waals surface area contributed by atoms with Gasteiger partial charge in [-0.3, -0.25) is 0 Å². The van der Waals surface area contributed by atoms with Gasteiger partial charge in [0.1, 0.15) is 6.10 Å². The van der Waals surface area contributed by atoms with Crippen LogP contribution in [0, 0.1) is 5.41 Å². The van der Waals surface area contributed by atoms with Gasteiger partial charge >= 0.3 is 5.97 Å². The van der Waals surface area contributed by atoms with Crippen LogP contribution in [0.1, 0.15) is 38.4 Å². The van der Waals surface area contributed by atoms with Crippen LogP contribution in [0.3, 0.4) is 0 Å². The van der Waals surface area contributed by atoms with Crippen LogP contribution in [-0.4, -0.2) is 17.2 Å². The summed E-state index contributed by atoms with van der Waals surface area (Å²) < 4.78 is 10.6. The number of fused-ring (bicyclic) bond motifs is 1. The molecule has 1 aliphatic carbocycles. The molecule has 2 aliphatic rings. The van der Waals surface area contributed by atoms with Gasteiger partial charge in [-0.1, -0.05) is 6.92 Å². The zero-order valence-corrected chi connectivity index (χ0v) is 10.5. The number of aliphatic hydroxyl groups is 1. The molecule has 0 aromatic carbocycles. The Morgan fingerprint density at radius 1 is 1.50 bits per heavy atom. The Labute approximate surface area is 105 Å². The first-order chi connectivity index (χ1) is 8.54. The van der Waals surface area contributed by atoms with Crippen molar-refractivity contribution in [3.63, 3.8) is 0 Å². The summed E-state index contributed by atoms with van der Waals surface area (Å²) in [6.45, 7) is 3.84. The molecular weight excluding hydrogens is 232 g/mol. The average Bonchev–Trinajstić information content (AvgIpc) is 2.92. The summed E-state index contributed by atoms with van der Waals surface area (Å²) in [6, 6.07) is 1.83. The summed E-state index contributed by atoms with van der Waals surface area (Å²) in [5.74, 6) is -0.306. The predicted molar refractivity (Wildman–Crippen MR) is 63.6 cm³/mol. The quantitative estimate of drug-likeness (QED) is 0.775. The molecule has 1 aliphatic heterocycles. The van der Waals surface area contributed by atoms with Gasteiger partial charge in [-0.25, -0.2) is 4.79 Å². The molecule has 0 spiro atoms. The summed E-state index contributed by atoms with van der Waals surface area (Å²) in [5.41, 5.74) is 1.92. The molecule has 1 aromatic heterocycles. The van der Waals surface area contributed by atoms with E-state index in [2.05, 4.69) is 0 Å². The fourth-order valence-corrected chi connectivity index (χ4v) is 3.21. The van der Waals surface area contributed by atoms with Gasteiger partial charge in [0.05, 0.1) is 18.6 Å². The van der Waals surface area contributed by atoms with Crippen molar-refractivity contribution >= 4 is 5.97 Å². The molecular formula is C14H16O4. The van der Waals surface area contributed by atoms with Crippen molar-refractivity contribution in [1.82, 2.24) is 0 Å². The standard InChI is InChI=1S/C14H16O4/c1-8-10(15)3-5-14(2)11(8)13(16)18-12(14)9-4-6-17-7-9/h4,6-7,10,12,15H,3,5H2,1-2H3/t10?,12?,14-/m1/s1. The third kappa shape index (κ3) is 1.38. The van der Waals surface area contributed by atoms with Crippen molar-refractivity contribution < 1.29 is 19.1 Å². The first-order valence-corrected chi connectivity index (χ1v) is 6.16. The molecule has 2 heterocycles. The lowest BCUT2D eigenvalue weighted by atomic mass is 9.67. The van der Waals surface area contributed by atoms with E-state index in [0.29, 0.717) is 12.0 Å². The number of hydrogen-bond acceptors (Lipinski definition) is 4. The van der Waals surface area contributed by atoms with E-state index >= 15 is 0 Å². The van der Waals surface area contributed by atoms with Gasteiger partial charge in [-0.2, -0.15) is 0 Å². The zero-order chi connectivity index (χ0) is 12.9. The van der Waals surface area contributed by atoms with E-state index in [-0.39, 0.29) is 17.5 Å². The number of ether oxygens (including phenoxy) is 1. The highest BCUT2D eigenvalue weighted by molar-refractivity contribution is 5.94. The van der Waals surface area contributed by atoms with Gasteiger partial charge < -0.3 is 14.3 Å². The zero-order valence-electron chi connectivity index (χ0n) is 10.5. The smallest absolute Gasteiger partial charge is 0.335 e. The van der Waals surface area contributed by atoms with Crippen LogP contribution in [0.4, 0.5) is 0 Å². The SMILES string of the molecule is CC1=C2C(=O)OC(c3ccoc3)[C@]2(C)CCC1O. The molecule has 1 saturated heterocycles. The van der Waals surface area contributed by atoms with Gasteiger partial charge in [-0.05, 0) is 31.4 Å². The highest BCUT2D eigenvalue weighted by Gasteiger charge is 2.54. The lowest BCUT2D eigenvalue weighted by Crippen LogP contribution is -2.31. The maximum Gasteiger partial charge on any atom is 0.335 e. The molecule has 2 unspecified atom stereocenters. The van der Waals surface area contributed by atoms with Crippen LogP contribution >= 0.6 is 0 Å². The maximum atomic E-state index is 12.1. The molecule has 0 radical (unpaired) electrons. The Kier molecular flexibility index (Phi) is 2.38. The fourth-order valence-electron chi connectivity index (χ4n) is 3.21. The minimum Gasteiger partial charge on any atom is -0.472 e. The first-order valence-electron chi connectivity index (χ1n) is 6.16. The second-order valence-electron chi connectivity index (χ2n) is 5.37. The minimum absolute atomic E-state index is 0.304. The Bertz CT molecular complexity index is 514. The lowest BCUT2D eigenvalue weighted by molar-refractivity contribution is -0.140. The molecule has 4 heteroatoms. The fraction of sp³-hybridized carbons (Fsp3) is 0.500. The molecule has 3 rings (SSSR count). The number of aliphatic hydroxyl groups excluding tert-OH is 1. The number of esters is 1. The number of furan rings is 1. The molecule has 1 N–H and O–H groups in total. The van der Waals surface area contributed by atoms with Crippen molar-refractivity contribution in [2.45, 2.75) is 38.9 Å². The number of carbonyl (C=O) groups excluding carboxylic acids is 1. The number of rotatable bonds is 1. The molecule has 96 valence electrons. The van der Waals surface area contributed by atoms with Crippen LogP contribution in [0.2, 0.25) is 0 Å². The summed E-state index contributed by atoms with van der Waals surface area (Å²) in [4.78, 5) is 12.1. The molecule has 0 amide bonds. The monoisotopic (exact) mass is 248 g/mol. The average molecular weight is 248 g/mol. The Morgan fingerprint density at radius 2 is 2.28 bits per heavy atom. The highest BCUT2D eigenvalue weighted by Crippen LogP contribution is 2.55. The van der Waals surface area contributed by atoms with Gasteiger partial charge in [0.15, 0.2) is 0 Å². The lowest BCUT2D eigenvalue weighted by Gasteiger charge is -2.35. The van der Waals surface area contributed by atoms with Crippen LogP contribution in [0.15, 0.2) is 34.2 Å². The third-order valence-electron chi connectivity index (χ3n) is 4.26. The van der Waals surface area contributed by atoms with Crippen LogP contribution in [0.25, 0.3) is 0 Å². The number of carbonyl (C=O) groups is 1.